The van der Waals surface area contributed by atoms with Crippen LogP contribution in [0, 0.1) is 0 Å². The highest BCUT2D eigenvalue weighted by Gasteiger charge is 2.18. The van der Waals surface area contributed by atoms with Gasteiger partial charge in [0.1, 0.15) is 6.67 Å². The molecule has 0 bridgehead atoms. The first kappa shape index (κ1) is 9.27. The van der Waals surface area contributed by atoms with Crippen LogP contribution in [0.4, 0.5) is 4.39 Å². The van der Waals surface area contributed by atoms with E-state index in [9.17, 15) is 4.39 Å². The molecule has 76 valence electrons. The Morgan fingerprint density at radius 1 is 1.36 bits per heavy atom. The largest absolute Gasteiger partial charge is 0.454 e. The summed E-state index contributed by atoms with van der Waals surface area (Å²) in [7, 11) is 0. The summed E-state index contributed by atoms with van der Waals surface area (Å²) in [6, 6.07) is 3.45. The van der Waals surface area contributed by atoms with E-state index in [1.807, 2.05) is 0 Å². The molecule has 0 saturated heterocycles. The standard InChI is InChI=1S/C10H12FNO2/c11-5-7-3-8(1-2-12)10-9(4-7)13-6-14-10/h3-4H,1-2,5-6,12H2. The van der Waals surface area contributed by atoms with Gasteiger partial charge >= 0.3 is 0 Å². The van der Waals surface area contributed by atoms with E-state index in [4.69, 9.17) is 15.2 Å². The first-order valence-corrected chi connectivity index (χ1v) is 4.52. The van der Waals surface area contributed by atoms with Crippen molar-refractivity contribution >= 4 is 0 Å². The van der Waals surface area contributed by atoms with Crippen molar-refractivity contribution in [2.45, 2.75) is 13.1 Å². The van der Waals surface area contributed by atoms with Gasteiger partial charge in [-0.25, -0.2) is 4.39 Å². The number of halogens is 1. The second-order valence-corrected chi connectivity index (χ2v) is 3.16. The van der Waals surface area contributed by atoms with Gasteiger partial charge in [-0.3, -0.25) is 0 Å². The number of nitrogens with two attached hydrogens (primary N) is 1. The Morgan fingerprint density at radius 3 is 2.93 bits per heavy atom. The number of hydrogen-bond donors (Lipinski definition) is 1. The van der Waals surface area contributed by atoms with Crippen LogP contribution in [0.3, 0.4) is 0 Å². The molecular weight excluding hydrogens is 185 g/mol. The zero-order valence-electron chi connectivity index (χ0n) is 7.75. The van der Waals surface area contributed by atoms with Gasteiger partial charge in [-0.05, 0) is 36.2 Å². The van der Waals surface area contributed by atoms with Crippen molar-refractivity contribution in [2.24, 2.45) is 5.73 Å². The average Bonchev–Trinajstić information content (AvgIpc) is 2.66. The predicted molar refractivity (Wildman–Crippen MR) is 50.1 cm³/mol. The van der Waals surface area contributed by atoms with Crippen LogP contribution in [0.15, 0.2) is 12.1 Å². The number of ether oxygens (including phenoxy) is 2. The maximum absolute atomic E-state index is 12.5. The van der Waals surface area contributed by atoms with Crippen molar-refractivity contribution < 1.29 is 13.9 Å². The molecule has 1 heterocycles. The van der Waals surface area contributed by atoms with Gasteiger partial charge < -0.3 is 15.2 Å². The van der Waals surface area contributed by atoms with Crippen LogP contribution in [0.5, 0.6) is 11.5 Å². The topological polar surface area (TPSA) is 44.5 Å². The van der Waals surface area contributed by atoms with Gasteiger partial charge in [0.25, 0.3) is 0 Å². The number of rotatable bonds is 3. The lowest BCUT2D eigenvalue weighted by atomic mass is 10.1. The van der Waals surface area contributed by atoms with Gasteiger partial charge in [-0.1, -0.05) is 0 Å². The normalized spacial score (nSPS) is 13.3. The zero-order valence-corrected chi connectivity index (χ0v) is 7.75. The van der Waals surface area contributed by atoms with Crippen molar-refractivity contribution in [2.75, 3.05) is 13.3 Å². The van der Waals surface area contributed by atoms with Crippen LogP contribution in [0.1, 0.15) is 11.1 Å². The van der Waals surface area contributed by atoms with E-state index in [1.165, 1.54) is 0 Å². The number of benzene rings is 1. The summed E-state index contributed by atoms with van der Waals surface area (Å²) in [6.45, 7) is 0.238. The number of alkyl halides is 1. The Hall–Kier alpha value is -1.29. The van der Waals surface area contributed by atoms with E-state index in [1.54, 1.807) is 12.1 Å². The minimum absolute atomic E-state index is 0.211. The van der Waals surface area contributed by atoms with Crippen molar-refractivity contribution in [1.82, 2.24) is 0 Å². The summed E-state index contributed by atoms with van der Waals surface area (Å²) in [6.07, 6.45) is 0.680. The van der Waals surface area contributed by atoms with Gasteiger partial charge in [0.15, 0.2) is 11.5 Å². The lowest BCUT2D eigenvalue weighted by Crippen LogP contribution is -2.04. The van der Waals surface area contributed by atoms with E-state index in [2.05, 4.69) is 0 Å². The van der Waals surface area contributed by atoms with Crippen molar-refractivity contribution in [3.8, 4) is 11.5 Å². The van der Waals surface area contributed by atoms with Crippen LogP contribution in [-0.2, 0) is 13.1 Å². The molecule has 14 heavy (non-hydrogen) atoms. The van der Waals surface area contributed by atoms with Crippen LogP contribution in [-0.4, -0.2) is 13.3 Å². The summed E-state index contributed by atoms with van der Waals surface area (Å²) in [5, 5.41) is 0. The highest BCUT2D eigenvalue weighted by atomic mass is 19.1. The summed E-state index contributed by atoms with van der Waals surface area (Å²) < 4.78 is 23.0. The molecule has 0 fully saturated rings. The first-order valence-electron chi connectivity index (χ1n) is 4.52. The maximum Gasteiger partial charge on any atom is 0.231 e. The summed E-state index contributed by atoms with van der Waals surface area (Å²) in [5.41, 5.74) is 6.99. The fourth-order valence-electron chi connectivity index (χ4n) is 1.56. The Kier molecular flexibility index (Phi) is 2.54. The van der Waals surface area contributed by atoms with Crippen LogP contribution in [0.2, 0.25) is 0 Å². The van der Waals surface area contributed by atoms with Gasteiger partial charge in [-0.2, -0.15) is 0 Å². The molecule has 0 aliphatic carbocycles. The molecule has 0 unspecified atom stereocenters. The molecule has 0 atom stereocenters. The van der Waals surface area contributed by atoms with Crippen LogP contribution < -0.4 is 15.2 Å². The molecule has 3 nitrogen and oxygen atoms in total. The maximum atomic E-state index is 12.5. The van der Waals surface area contributed by atoms with E-state index < -0.39 is 6.67 Å². The monoisotopic (exact) mass is 197 g/mol. The second-order valence-electron chi connectivity index (χ2n) is 3.16. The van der Waals surface area contributed by atoms with Gasteiger partial charge in [0.2, 0.25) is 6.79 Å². The Balaban J connectivity index is 2.41. The third-order valence-electron chi connectivity index (χ3n) is 2.18. The number of hydrogen-bond acceptors (Lipinski definition) is 3. The summed E-state index contributed by atoms with van der Waals surface area (Å²) >= 11 is 0. The zero-order chi connectivity index (χ0) is 9.97. The molecule has 0 radical (unpaired) electrons. The van der Waals surface area contributed by atoms with E-state index in [0.29, 0.717) is 30.0 Å². The summed E-state index contributed by atoms with van der Waals surface area (Å²) in [4.78, 5) is 0. The third-order valence-corrected chi connectivity index (χ3v) is 2.18. The lowest BCUT2D eigenvalue weighted by molar-refractivity contribution is 0.173. The molecule has 1 aliphatic heterocycles. The molecule has 1 aromatic carbocycles. The van der Waals surface area contributed by atoms with E-state index in [-0.39, 0.29) is 6.79 Å². The minimum atomic E-state index is -0.492. The molecule has 2 rings (SSSR count). The Morgan fingerprint density at radius 2 is 2.21 bits per heavy atom. The molecule has 2 N–H and O–H groups in total. The van der Waals surface area contributed by atoms with Crippen molar-refractivity contribution in [1.29, 1.82) is 0 Å². The molecule has 0 spiro atoms. The highest BCUT2D eigenvalue weighted by Crippen LogP contribution is 2.37. The SMILES string of the molecule is NCCc1cc(CF)cc2c1OCO2. The Bertz CT molecular complexity index is 341. The lowest BCUT2D eigenvalue weighted by Gasteiger charge is -2.06. The third kappa shape index (κ3) is 1.53. The van der Waals surface area contributed by atoms with Crippen LogP contribution in [0.25, 0.3) is 0 Å². The smallest absolute Gasteiger partial charge is 0.231 e. The fraction of sp³-hybridized carbons (Fsp3) is 0.400. The number of fused-ring (bicyclic) bond motifs is 1. The minimum Gasteiger partial charge on any atom is -0.454 e. The quantitative estimate of drug-likeness (QED) is 0.796. The first-order chi connectivity index (χ1) is 6.85. The molecule has 4 heteroatoms. The van der Waals surface area contributed by atoms with E-state index in [0.717, 1.165) is 5.56 Å². The van der Waals surface area contributed by atoms with Crippen molar-refractivity contribution in [3.63, 3.8) is 0 Å². The molecular formula is C10H12FNO2. The van der Waals surface area contributed by atoms with Crippen LogP contribution >= 0.6 is 0 Å². The molecule has 1 aromatic rings. The van der Waals surface area contributed by atoms with Gasteiger partial charge in [-0.15, -0.1) is 0 Å². The molecule has 0 amide bonds. The van der Waals surface area contributed by atoms with Gasteiger partial charge in [0.05, 0.1) is 0 Å². The molecule has 0 saturated carbocycles. The Labute approximate surface area is 81.6 Å². The van der Waals surface area contributed by atoms with Crippen molar-refractivity contribution in [3.05, 3.63) is 23.3 Å². The fourth-order valence-corrected chi connectivity index (χ4v) is 1.56. The van der Waals surface area contributed by atoms with E-state index >= 15 is 0 Å². The highest BCUT2D eigenvalue weighted by molar-refractivity contribution is 5.51. The predicted octanol–water partition coefficient (Wildman–Crippen LogP) is 1.39. The second kappa shape index (κ2) is 3.84. The molecule has 1 aliphatic rings. The molecule has 0 aromatic heterocycles. The average molecular weight is 197 g/mol. The van der Waals surface area contributed by atoms with Gasteiger partial charge in [0, 0.05) is 0 Å². The summed E-state index contributed by atoms with van der Waals surface area (Å²) in [5.74, 6) is 1.34.